The van der Waals surface area contributed by atoms with E-state index >= 15 is 0 Å². The topological polar surface area (TPSA) is 78.2 Å². The van der Waals surface area contributed by atoms with Crippen molar-refractivity contribution in [1.29, 1.82) is 5.26 Å². The number of pyridine rings is 1. The summed E-state index contributed by atoms with van der Waals surface area (Å²) < 4.78 is 5.24. The highest BCUT2D eigenvalue weighted by Crippen LogP contribution is 2.17. The lowest BCUT2D eigenvalue weighted by atomic mass is 10.2. The fourth-order valence-electron chi connectivity index (χ4n) is 2.32. The second-order valence-electron chi connectivity index (χ2n) is 5.15. The Kier molecular flexibility index (Phi) is 4.50. The summed E-state index contributed by atoms with van der Waals surface area (Å²) in [6, 6.07) is 12.7. The lowest BCUT2D eigenvalue weighted by molar-refractivity contribution is 0.0299. The molecule has 0 unspecified atom stereocenters. The van der Waals surface area contributed by atoms with Gasteiger partial charge in [-0.3, -0.25) is 4.79 Å². The van der Waals surface area contributed by atoms with E-state index in [0.717, 1.165) is 11.4 Å². The first-order chi connectivity index (χ1) is 11.3. The van der Waals surface area contributed by atoms with Crippen molar-refractivity contribution in [3.63, 3.8) is 0 Å². The van der Waals surface area contributed by atoms with E-state index in [1.165, 1.54) is 0 Å². The number of nitrogens with one attached hydrogen (secondary N) is 1. The number of nitrogens with zero attached hydrogens (tertiary/aromatic N) is 3. The molecule has 1 N–H and O–H groups in total. The van der Waals surface area contributed by atoms with Gasteiger partial charge >= 0.3 is 0 Å². The maximum Gasteiger partial charge on any atom is 0.272 e. The zero-order valence-electron chi connectivity index (χ0n) is 12.5. The number of hydrogen-bond donors (Lipinski definition) is 1. The van der Waals surface area contributed by atoms with Crippen LogP contribution in [0.25, 0.3) is 0 Å². The normalized spacial score (nSPS) is 14.1. The number of ether oxygens (including phenoxy) is 1. The lowest BCUT2D eigenvalue weighted by Crippen LogP contribution is -2.41. The number of nitriles is 1. The third-order valence-corrected chi connectivity index (χ3v) is 3.58. The zero-order valence-corrected chi connectivity index (χ0v) is 12.5. The molecule has 1 aromatic carbocycles. The minimum atomic E-state index is -0.0711. The number of rotatable bonds is 3. The van der Waals surface area contributed by atoms with Crippen molar-refractivity contribution in [1.82, 2.24) is 9.88 Å². The van der Waals surface area contributed by atoms with E-state index in [1.807, 2.05) is 18.2 Å². The first-order valence-electron chi connectivity index (χ1n) is 7.36. The predicted octanol–water partition coefficient (Wildman–Crippen LogP) is 2.17. The Bertz CT molecular complexity index is 714. The second-order valence-corrected chi connectivity index (χ2v) is 5.15. The Labute approximate surface area is 134 Å². The van der Waals surface area contributed by atoms with Crippen LogP contribution in [0.4, 0.5) is 11.4 Å². The summed E-state index contributed by atoms with van der Waals surface area (Å²) >= 11 is 0. The Balaban J connectivity index is 1.66. The molecule has 116 valence electrons. The van der Waals surface area contributed by atoms with E-state index < -0.39 is 0 Å². The fraction of sp³-hybridized carbons (Fsp3) is 0.235. The first kappa shape index (κ1) is 15.0. The smallest absolute Gasteiger partial charge is 0.272 e. The molecule has 23 heavy (non-hydrogen) atoms. The maximum absolute atomic E-state index is 12.3. The third kappa shape index (κ3) is 3.65. The molecule has 1 aromatic heterocycles. The number of amides is 1. The molecule has 1 aliphatic rings. The van der Waals surface area contributed by atoms with Crippen LogP contribution in [0, 0.1) is 11.3 Å². The molecule has 2 heterocycles. The molecule has 6 heteroatoms. The van der Waals surface area contributed by atoms with Gasteiger partial charge in [-0.25, -0.2) is 4.98 Å². The van der Waals surface area contributed by atoms with Crippen LogP contribution in [0.3, 0.4) is 0 Å². The summed E-state index contributed by atoms with van der Waals surface area (Å²) in [7, 11) is 0. The lowest BCUT2D eigenvalue weighted by Gasteiger charge is -2.26. The Hall–Kier alpha value is -2.91. The van der Waals surface area contributed by atoms with Gasteiger partial charge in [-0.1, -0.05) is 0 Å². The van der Waals surface area contributed by atoms with Crippen molar-refractivity contribution in [2.24, 2.45) is 0 Å². The van der Waals surface area contributed by atoms with Crippen molar-refractivity contribution < 1.29 is 9.53 Å². The summed E-state index contributed by atoms with van der Waals surface area (Å²) in [6.07, 6.45) is 1.63. The summed E-state index contributed by atoms with van der Waals surface area (Å²) in [5.74, 6) is -0.0711. The molecule has 0 aliphatic carbocycles. The van der Waals surface area contributed by atoms with Crippen LogP contribution in [0.1, 0.15) is 16.1 Å². The van der Waals surface area contributed by atoms with Crippen LogP contribution in [-0.4, -0.2) is 42.1 Å². The molecule has 3 rings (SSSR count). The van der Waals surface area contributed by atoms with Crippen molar-refractivity contribution in [3.8, 4) is 6.07 Å². The van der Waals surface area contributed by atoms with Gasteiger partial charge in [0.2, 0.25) is 0 Å². The quantitative estimate of drug-likeness (QED) is 0.940. The number of benzene rings is 1. The van der Waals surface area contributed by atoms with E-state index in [4.69, 9.17) is 10.00 Å². The van der Waals surface area contributed by atoms with Gasteiger partial charge in [0.05, 0.1) is 36.7 Å². The number of hydrogen-bond acceptors (Lipinski definition) is 5. The predicted molar refractivity (Wildman–Crippen MR) is 85.4 cm³/mol. The molecule has 1 saturated heterocycles. The van der Waals surface area contributed by atoms with Gasteiger partial charge in [0, 0.05) is 18.8 Å². The SMILES string of the molecule is N#Cc1ccc(Nc2ccc(C(=O)N3CCOCC3)nc2)cc1. The standard InChI is InChI=1S/C17H16N4O2/c18-11-13-1-3-14(4-2-13)20-15-5-6-16(19-12-15)17(22)21-7-9-23-10-8-21/h1-6,12,20H,7-10H2. The van der Waals surface area contributed by atoms with Gasteiger partial charge in [-0.15, -0.1) is 0 Å². The summed E-state index contributed by atoms with van der Waals surface area (Å²) in [6.45, 7) is 2.35. The Morgan fingerprint density at radius 2 is 1.83 bits per heavy atom. The van der Waals surface area contributed by atoms with E-state index in [1.54, 1.807) is 29.3 Å². The maximum atomic E-state index is 12.3. The molecular weight excluding hydrogens is 292 g/mol. The van der Waals surface area contributed by atoms with Crippen LogP contribution in [-0.2, 0) is 4.74 Å². The number of carbonyl (C=O) groups is 1. The van der Waals surface area contributed by atoms with Crippen molar-refractivity contribution in [2.75, 3.05) is 31.6 Å². The van der Waals surface area contributed by atoms with E-state index in [2.05, 4.69) is 16.4 Å². The molecule has 0 spiro atoms. The molecule has 1 aliphatic heterocycles. The van der Waals surface area contributed by atoms with Crippen molar-refractivity contribution in [3.05, 3.63) is 53.9 Å². The zero-order chi connectivity index (χ0) is 16.1. The molecule has 1 fully saturated rings. The Morgan fingerprint density at radius 3 is 2.43 bits per heavy atom. The monoisotopic (exact) mass is 308 g/mol. The average Bonchev–Trinajstić information content (AvgIpc) is 2.63. The largest absolute Gasteiger partial charge is 0.378 e. The molecule has 1 amide bonds. The minimum absolute atomic E-state index is 0.0711. The number of morpholine rings is 1. The fourth-order valence-corrected chi connectivity index (χ4v) is 2.32. The van der Waals surface area contributed by atoms with Crippen LogP contribution < -0.4 is 5.32 Å². The molecule has 0 bridgehead atoms. The average molecular weight is 308 g/mol. The summed E-state index contributed by atoms with van der Waals surface area (Å²) in [5, 5.41) is 12.0. The van der Waals surface area contributed by atoms with Crippen LogP contribution >= 0.6 is 0 Å². The highest BCUT2D eigenvalue weighted by Gasteiger charge is 2.19. The van der Waals surface area contributed by atoms with Gasteiger partial charge in [-0.05, 0) is 36.4 Å². The van der Waals surface area contributed by atoms with Gasteiger partial charge in [0.1, 0.15) is 5.69 Å². The molecule has 0 radical (unpaired) electrons. The van der Waals surface area contributed by atoms with Crippen LogP contribution in [0.2, 0.25) is 0 Å². The Morgan fingerprint density at radius 1 is 1.13 bits per heavy atom. The van der Waals surface area contributed by atoms with E-state index in [0.29, 0.717) is 37.6 Å². The molecule has 0 atom stereocenters. The number of aromatic nitrogens is 1. The summed E-state index contributed by atoms with van der Waals surface area (Å²) in [5.41, 5.74) is 2.68. The van der Waals surface area contributed by atoms with Gasteiger partial charge in [-0.2, -0.15) is 5.26 Å². The minimum Gasteiger partial charge on any atom is -0.378 e. The highest BCUT2D eigenvalue weighted by atomic mass is 16.5. The van der Waals surface area contributed by atoms with E-state index in [-0.39, 0.29) is 5.91 Å². The van der Waals surface area contributed by atoms with Crippen LogP contribution in [0.5, 0.6) is 0 Å². The number of anilines is 2. The molecule has 2 aromatic rings. The molecule has 6 nitrogen and oxygen atoms in total. The third-order valence-electron chi connectivity index (χ3n) is 3.58. The van der Waals surface area contributed by atoms with Crippen molar-refractivity contribution in [2.45, 2.75) is 0 Å². The first-order valence-corrected chi connectivity index (χ1v) is 7.36. The van der Waals surface area contributed by atoms with Crippen LogP contribution in [0.15, 0.2) is 42.6 Å². The van der Waals surface area contributed by atoms with E-state index in [9.17, 15) is 4.79 Å². The second kappa shape index (κ2) is 6.90. The number of carbonyl (C=O) groups excluding carboxylic acids is 1. The summed E-state index contributed by atoms with van der Waals surface area (Å²) in [4.78, 5) is 18.3. The van der Waals surface area contributed by atoms with Crippen molar-refractivity contribution >= 4 is 17.3 Å². The molecule has 0 saturated carbocycles. The van der Waals surface area contributed by atoms with Gasteiger partial charge in [0.15, 0.2) is 0 Å². The highest BCUT2D eigenvalue weighted by molar-refractivity contribution is 5.92. The molecular formula is C17H16N4O2. The van der Waals surface area contributed by atoms with Gasteiger partial charge < -0.3 is 15.0 Å². The van der Waals surface area contributed by atoms with Gasteiger partial charge in [0.25, 0.3) is 5.91 Å².